The molecule has 5 rings (SSSR count). The van der Waals surface area contributed by atoms with Gasteiger partial charge in [0.2, 0.25) is 5.82 Å². The molecule has 3 aromatic carbocycles. The van der Waals surface area contributed by atoms with E-state index in [1.54, 1.807) is 28.8 Å². The highest BCUT2D eigenvalue weighted by Gasteiger charge is 2.35. The fourth-order valence-corrected chi connectivity index (χ4v) is 4.54. The van der Waals surface area contributed by atoms with Crippen LogP contribution in [0.25, 0.3) is 17.0 Å². The van der Waals surface area contributed by atoms with E-state index in [0.29, 0.717) is 23.4 Å². The second-order valence-corrected chi connectivity index (χ2v) is 9.04. The second-order valence-electron chi connectivity index (χ2n) is 8.16. The molecule has 0 bridgehead atoms. The Morgan fingerprint density at radius 3 is 2.54 bits per heavy atom. The Balaban J connectivity index is 1.57. The molecule has 1 aliphatic heterocycles. The largest absolute Gasteiger partial charge is 0.334 e. The molecule has 1 aromatic heterocycles. The van der Waals surface area contributed by atoms with Gasteiger partial charge in [-0.3, -0.25) is 4.90 Å². The summed E-state index contributed by atoms with van der Waals surface area (Å²) in [5.74, 6) is 0.177. The van der Waals surface area contributed by atoms with Crippen LogP contribution in [0.4, 0.5) is 9.18 Å². The lowest BCUT2D eigenvalue weighted by Gasteiger charge is -2.35. The van der Waals surface area contributed by atoms with Gasteiger partial charge in [-0.1, -0.05) is 59.8 Å². The SMILES string of the molecule is CSc1ccc(CN2C(=O)NC(c3ccccc3)C(c3nc(-c4cccc(F)c4)no3)=C2C)cc1. The van der Waals surface area contributed by atoms with Crippen LogP contribution < -0.4 is 5.32 Å². The maximum Gasteiger partial charge on any atom is 0.322 e. The Hall–Kier alpha value is -3.91. The third-order valence-electron chi connectivity index (χ3n) is 5.97. The number of carbonyl (C=O) groups excluding carboxylic acids is 1. The van der Waals surface area contributed by atoms with E-state index in [2.05, 4.69) is 15.5 Å². The van der Waals surface area contributed by atoms with Crippen molar-refractivity contribution in [2.75, 3.05) is 6.26 Å². The van der Waals surface area contributed by atoms with Crippen molar-refractivity contribution < 1.29 is 13.7 Å². The van der Waals surface area contributed by atoms with Gasteiger partial charge in [0.15, 0.2) is 0 Å². The number of allylic oxidation sites excluding steroid dienone is 1. The number of hydrogen-bond donors (Lipinski definition) is 1. The Morgan fingerprint density at radius 2 is 1.83 bits per heavy atom. The highest BCUT2D eigenvalue weighted by atomic mass is 32.2. The summed E-state index contributed by atoms with van der Waals surface area (Å²) in [7, 11) is 0. The van der Waals surface area contributed by atoms with Crippen molar-refractivity contribution in [3.05, 3.63) is 107 Å². The summed E-state index contributed by atoms with van der Waals surface area (Å²) in [5.41, 5.74) is 3.82. The molecule has 1 N–H and O–H groups in total. The summed E-state index contributed by atoms with van der Waals surface area (Å²) in [4.78, 5) is 20.6. The molecule has 2 amide bonds. The van der Waals surface area contributed by atoms with Crippen molar-refractivity contribution >= 4 is 23.4 Å². The molecule has 176 valence electrons. The van der Waals surface area contributed by atoms with Gasteiger partial charge in [-0.25, -0.2) is 9.18 Å². The lowest BCUT2D eigenvalue weighted by molar-refractivity contribution is 0.203. The molecule has 0 fully saturated rings. The third kappa shape index (κ3) is 4.70. The second kappa shape index (κ2) is 9.76. The van der Waals surface area contributed by atoms with Gasteiger partial charge in [-0.05, 0) is 48.6 Å². The zero-order valence-corrected chi connectivity index (χ0v) is 20.1. The molecule has 0 saturated heterocycles. The Labute approximate surface area is 206 Å². The van der Waals surface area contributed by atoms with Gasteiger partial charge >= 0.3 is 6.03 Å². The number of halogens is 1. The summed E-state index contributed by atoms with van der Waals surface area (Å²) in [6, 6.07) is 23.1. The van der Waals surface area contributed by atoms with Crippen LogP contribution in [-0.2, 0) is 6.54 Å². The van der Waals surface area contributed by atoms with Crippen LogP contribution in [-0.4, -0.2) is 27.3 Å². The predicted molar refractivity (Wildman–Crippen MR) is 134 cm³/mol. The molecule has 0 saturated carbocycles. The minimum absolute atomic E-state index is 0.209. The predicted octanol–water partition coefficient (Wildman–Crippen LogP) is 6.30. The first-order valence-corrected chi connectivity index (χ1v) is 12.3. The molecule has 1 atom stereocenters. The van der Waals surface area contributed by atoms with Gasteiger partial charge in [0.1, 0.15) is 5.82 Å². The Kier molecular flexibility index (Phi) is 6.37. The summed E-state index contributed by atoms with van der Waals surface area (Å²) < 4.78 is 19.4. The normalized spacial score (nSPS) is 15.9. The van der Waals surface area contributed by atoms with Crippen LogP contribution in [0.3, 0.4) is 0 Å². The maximum atomic E-state index is 13.8. The smallest absolute Gasteiger partial charge is 0.322 e. The average Bonchev–Trinajstić information content (AvgIpc) is 3.37. The lowest BCUT2D eigenvalue weighted by Crippen LogP contribution is -2.45. The van der Waals surface area contributed by atoms with Crippen molar-refractivity contribution in [2.24, 2.45) is 0 Å². The molecule has 6 nitrogen and oxygen atoms in total. The Bertz CT molecular complexity index is 1390. The van der Waals surface area contributed by atoms with E-state index in [4.69, 9.17) is 4.52 Å². The van der Waals surface area contributed by atoms with Crippen LogP contribution in [0.5, 0.6) is 0 Å². The number of nitrogens with zero attached hydrogens (tertiary/aromatic N) is 3. The first kappa shape index (κ1) is 22.9. The summed E-state index contributed by atoms with van der Waals surface area (Å²) in [5, 5.41) is 7.19. The van der Waals surface area contributed by atoms with Crippen molar-refractivity contribution in [1.29, 1.82) is 0 Å². The van der Waals surface area contributed by atoms with Crippen LogP contribution in [0.15, 0.2) is 94.0 Å². The summed E-state index contributed by atoms with van der Waals surface area (Å²) >= 11 is 1.67. The van der Waals surface area contributed by atoms with Gasteiger partial charge in [0.25, 0.3) is 5.89 Å². The van der Waals surface area contributed by atoms with Crippen molar-refractivity contribution in [3.8, 4) is 11.4 Å². The minimum Gasteiger partial charge on any atom is -0.334 e. The maximum absolute atomic E-state index is 13.8. The fourth-order valence-electron chi connectivity index (χ4n) is 4.14. The molecule has 8 heteroatoms. The summed E-state index contributed by atoms with van der Waals surface area (Å²) in [6.45, 7) is 2.27. The van der Waals surface area contributed by atoms with Crippen molar-refractivity contribution in [3.63, 3.8) is 0 Å². The van der Waals surface area contributed by atoms with Gasteiger partial charge in [0.05, 0.1) is 18.2 Å². The van der Waals surface area contributed by atoms with E-state index in [0.717, 1.165) is 16.0 Å². The van der Waals surface area contributed by atoms with E-state index in [1.807, 2.05) is 67.8 Å². The van der Waals surface area contributed by atoms with E-state index < -0.39 is 6.04 Å². The van der Waals surface area contributed by atoms with Crippen LogP contribution in [0.1, 0.15) is 30.0 Å². The lowest BCUT2D eigenvalue weighted by atomic mass is 9.94. The molecular formula is C27H23FN4O2S. The standard InChI is InChI=1S/C27H23FN4O2S/c1-17-23(26-30-25(31-34-26)20-9-6-10-21(28)15-20)24(19-7-4-3-5-8-19)29-27(33)32(17)16-18-11-13-22(35-2)14-12-18/h3-15,24H,16H2,1-2H3,(H,29,33). The molecule has 4 aromatic rings. The number of nitrogens with one attached hydrogen (secondary N) is 1. The molecule has 2 heterocycles. The van der Waals surface area contributed by atoms with Gasteiger partial charge < -0.3 is 9.84 Å². The highest BCUT2D eigenvalue weighted by molar-refractivity contribution is 7.98. The summed E-state index contributed by atoms with van der Waals surface area (Å²) in [6.07, 6.45) is 2.03. The molecule has 1 aliphatic rings. The molecule has 0 radical (unpaired) electrons. The highest BCUT2D eigenvalue weighted by Crippen LogP contribution is 2.38. The third-order valence-corrected chi connectivity index (χ3v) is 6.71. The van der Waals surface area contributed by atoms with Crippen LogP contribution in [0.2, 0.25) is 0 Å². The van der Waals surface area contributed by atoms with E-state index in [9.17, 15) is 9.18 Å². The van der Waals surface area contributed by atoms with Gasteiger partial charge in [0, 0.05) is 16.2 Å². The van der Waals surface area contributed by atoms with Crippen molar-refractivity contribution in [1.82, 2.24) is 20.4 Å². The number of amides is 2. The van der Waals surface area contributed by atoms with E-state index >= 15 is 0 Å². The number of thioether (sulfide) groups is 1. The molecular weight excluding hydrogens is 463 g/mol. The van der Waals surface area contributed by atoms with E-state index in [1.165, 1.54) is 12.1 Å². The molecule has 1 unspecified atom stereocenters. The monoisotopic (exact) mass is 486 g/mol. The topological polar surface area (TPSA) is 71.3 Å². The number of aromatic nitrogens is 2. The van der Waals surface area contributed by atoms with Crippen LogP contribution >= 0.6 is 11.8 Å². The number of hydrogen-bond acceptors (Lipinski definition) is 5. The zero-order valence-electron chi connectivity index (χ0n) is 19.2. The number of rotatable bonds is 6. The van der Waals surface area contributed by atoms with Gasteiger partial charge in [-0.15, -0.1) is 11.8 Å². The molecule has 0 spiro atoms. The van der Waals surface area contributed by atoms with E-state index in [-0.39, 0.29) is 23.6 Å². The fraction of sp³-hybridized carbons (Fsp3) is 0.148. The number of urea groups is 1. The number of carbonyl (C=O) groups is 1. The van der Waals surface area contributed by atoms with Crippen molar-refractivity contribution in [2.45, 2.75) is 24.4 Å². The Morgan fingerprint density at radius 1 is 1.06 bits per heavy atom. The first-order chi connectivity index (χ1) is 17.0. The average molecular weight is 487 g/mol. The molecule has 35 heavy (non-hydrogen) atoms. The number of benzene rings is 3. The van der Waals surface area contributed by atoms with Crippen LogP contribution in [0, 0.1) is 5.82 Å². The quantitative estimate of drug-likeness (QED) is 0.324. The zero-order chi connectivity index (χ0) is 24.4. The first-order valence-electron chi connectivity index (χ1n) is 11.1. The van der Waals surface area contributed by atoms with Gasteiger partial charge in [-0.2, -0.15) is 4.98 Å². The molecule has 0 aliphatic carbocycles. The minimum atomic E-state index is -0.473.